The third kappa shape index (κ3) is 9.16. The molecule has 0 aromatic heterocycles. The highest BCUT2D eigenvalue weighted by atomic mass is 19.1. The highest BCUT2D eigenvalue weighted by Crippen LogP contribution is 2.27. The molecule has 0 aliphatic carbocycles. The number of carbonyl (C=O) groups is 4. The zero-order valence-corrected chi connectivity index (χ0v) is 26.6. The van der Waals surface area contributed by atoms with Crippen LogP contribution in [0.5, 0.6) is 11.5 Å². The molecule has 1 fully saturated rings. The predicted molar refractivity (Wildman–Crippen MR) is 173 cm³/mol. The van der Waals surface area contributed by atoms with E-state index < -0.39 is 47.8 Å². The van der Waals surface area contributed by atoms with Gasteiger partial charge in [0.05, 0.1) is 12.5 Å². The average molecular weight is 645 g/mol. The van der Waals surface area contributed by atoms with Crippen molar-refractivity contribution in [2.45, 2.75) is 70.2 Å². The minimum Gasteiger partial charge on any atom is -0.454 e. The molecule has 10 nitrogen and oxygen atoms in total. The second-order valence-electron chi connectivity index (χ2n) is 12.7. The highest BCUT2D eigenvalue weighted by Gasteiger charge is 2.34. The van der Waals surface area contributed by atoms with Gasteiger partial charge in [-0.25, -0.2) is 4.39 Å². The molecule has 0 saturated carbocycles. The van der Waals surface area contributed by atoms with E-state index in [0.717, 1.165) is 5.56 Å². The van der Waals surface area contributed by atoms with Crippen molar-refractivity contribution in [2.75, 3.05) is 13.1 Å². The normalized spacial score (nSPS) is 22.4. The van der Waals surface area contributed by atoms with Gasteiger partial charge in [-0.2, -0.15) is 0 Å². The Morgan fingerprint density at radius 3 is 2.32 bits per heavy atom. The Morgan fingerprint density at radius 1 is 0.936 bits per heavy atom. The molecule has 4 atom stereocenters. The Bertz CT molecular complexity index is 1580. The fourth-order valence-electron chi connectivity index (χ4n) is 5.89. The first-order valence-electron chi connectivity index (χ1n) is 16.0. The first kappa shape index (κ1) is 33.6. The number of nitrogens with one attached hydrogen (secondary N) is 3. The molecule has 0 radical (unpaired) electrons. The Morgan fingerprint density at radius 2 is 1.64 bits per heavy atom. The number of likely N-dealkylation sites (tertiary alicyclic amines) is 1. The number of fused-ring (bicyclic) bond motifs is 12. The van der Waals surface area contributed by atoms with Gasteiger partial charge in [-0.15, -0.1) is 0 Å². The topological polar surface area (TPSA) is 137 Å². The fourth-order valence-corrected chi connectivity index (χ4v) is 5.89. The zero-order chi connectivity index (χ0) is 33.5. The number of hydrogen-bond donors (Lipinski definition) is 4. The van der Waals surface area contributed by atoms with Gasteiger partial charge < -0.3 is 30.7 Å². The molecule has 4 amide bonds. The van der Waals surface area contributed by atoms with Crippen LogP contribution in [0, 0.1) is 11.7 Å². The number of halogens is 1. The second kappa shape index (κ2) is 15.2. The number of β-amino-alcohol motifs (C(OH)–C–C–N with tert-alkyl or cyclic N) is 1. The van der Waals surface area contributed by atoms with E-state index in [1.54, 1.807) is 24.3 Å². The van der Waals surface area contributed by atoms with Gasteiger partial charge in [0.15, 0.2) is 11.6 Å². The quantitative estimate of drug-likeness (QED) is 0.316. The van der Waals surface area contributed by atoms with Gasteiger partial charge in [-0.1, -0.05) is 62.4 Å². The summed E-state index contributed by atoms with van der Waals surface area (Å²) in [5, 5.41) is 18.6. The van der Waals surface area contributed by atoms with Crippen LogP contribution in [0.4, 0.5) is 4.39 Å². The van der Waals surface area contributed by atoms with Crippen molar-refractivity contribution in [2.24, 2.45) is 5.92 Å². The maximum atomic E-state index is 14.8. The van der Waals surface area contributed by atoms with Gasteiger partial charge in [0.2, 0.25) is 23.6 Å². The molecule has 248 valence electrons. The van der Waals surface area contributed by atoms with Gasteiger partial charge in [0.25, 0.3) is 0 Å². The fraction of sp³-hybridized carbons (Fsp3) is 0.389. The van der Waals surface area contributed by atoms with E-state index >= 15 is 0 Å². The van der Waals surface area contributed by atoms with Crippen molar-refractivity contribution in [3.8, 4) is 11.5 Å². The van der Waals surface area contributed by atoms with Gasteiger partial charge in [0, 0.05) is 25.9 Å². The summed E-state index contributed by atoms with van der Waals surface area (Å²) in [5.41, 5.74) is 2.00. The molecule has 6 rings (SSSR count). The van der Waals surface area contributed by atoms with Crippen LogP contribution in [0.25, 0.3) is 0 Å². The Hall–Kier alpha value is -4.77. The summed E-state index contributed by atoms with van der Waals surface area (Å²) in [4.78, 5) is 56.2. The number of carbonyl (C=O) groups excluding carboxylic acids is 4. The molecule has 3 aliphatic rings. The summed E-state index contributed by atoms with van der Waals surface area (Å²) in [7, 11) is 0. The molecular weight excluding hydrogens is 603 g/mol. The summed E-state index contributed by atoms with van der Waals surface area (Å²) >= 11 is 0. The van der Waals surface area contributed by atoms with E-state index in [9.17, 15) is 28.7 Å². The van der Waals surface area contributed by atoms with Crippen molar-refractivity contribution in [3.05, 3.63) is 95.3 Å². The summed E-state index contributed by atoms with van der Waals surface area (Å²) in [6.45, 7) is 4.37. The largest absolute Gasteiger partial charge is 0.454 e. The molecule has 3 aromatic rings. The SMILES string of the molecule is CC(C)C[C@@H]1NC(=O)[C@@H](Cc2ccccc2)NC(=O)Cc2ccc(F)c(c2)Oc2ccc(cc2)C[C@@H](C(=O)N2CC[C@@H](O)C2)NC1=O. The average Bonchev–Trinajstić information content (AvgIpc) is 3.48. The highest BCUT2D eigenvalue weighted by molar-refractivity contribution is 5.94. The molecule has 0 spiro atoms. The van der Waals surface area contributed by atoms with E-state index in [-0.39, 0.29) is 49.8 Å². The van der Waals surface area contributed by atoms with Crippen molar-refractivity contribution in [1.82, 2.24) is 20.9 Å². The molecule has 47 heavy (non-hydrogen) atoms. The van der Waals surface area contributed by atoms with Gasteiger partial charge in [-0.05, 0) is 59.7 Å². The number of hydrogen-bond acceptors (Lipinski definition) is 6. The Balaban J connectivity index is 1.50. The maximum Gasteiger partial charge on any atom is 0.245 e. The number of ether oxygens (including phenoxy) is 1. The third-order valence-corrected chi connectivity index (χ3v) is 8.32. The number of benzene rings is 3. The van der Waals surface area contributed by atoms with Gasteiger partial charge >= 0.3 is 0 Å². The third-order valence-electron chi connectivity index (χ3n) is 8.32. The van der Waals surface area contributed by atoms with Crippen molar-refractivity contribution in [3.63, 3.8) is 0 Å². The van der Waals surface area contributed by atoms with E-state index in [1.165, 1.54) is 23.1 Å². The number of amides is 4. The monoisotopic (exact) mass is 644 g/mol. The van der Waals surface area contributed by atoms with Crippen LogP contribution in [-0.4, -0.2) is 71.0 Å². The van der Waals surface area contributed by atoms with Crippen molar-refractivity contribution < 1.29 is 33.4 Å². The molecule has 1 saturated heterocycles. The Kier molecular flexibility index (Phi) is 10.9. The predicted octanol–water partition coefficient (Wildman–Crippen LogP) is 3.05. The zero-order valence-electron chi connectivity index (χ0n) is 26.6. The lowest BCUT2D eigenvalue weighted by Crippen LogP contribution is -2.58. The lowest BCUT2D eigenvalue weighted by atomic mass is 9.99. The summed E-state index contributed by atoms with van der Waals surface area (Å²) in [6.07, 6.45) is 0.250. The maximum absolute atomic E-state index is 14.8. The van der Waals surface area contributed by atoms with Gasteiger partial charge in [-0.3, -0.25) is 19.2 Å². The number of rotatable bonds is 5. The molecule has 11 heteroatoms. The first-order chi connectivity index (χ1) is 22.5. The molecule has 0 unspecified atom stereocenters. The number of aliphatic hydroxyl groups excluding tert-OH is 1. The molecule has 4 N–H and O–H groups in total. The van der Waals surface area contributed by atoms with Crippen molar-refractivity contribution in [1.29, 1.82) is 0 Å². The molecular formula is C36H41FN4O6. The van der Waals surface area contributed by atoms with Gasteiger partial charge in [0.1, 0.15) is 23.9 Å². The van der Waals surface area contributed by atoms with E-state index in [1.807, 2.05) is 44.2 Å². The van der Waals surface area contributed by atoms with Crippen LogP contribution in [0.2, 0.25) is 0 Å². The molecule has 3 aliphatic heterocycles. The summed E-state index contributed by atoms with van der Waals surface area (Å²) < 4.78 is 20.6. The minimum absolute atomic E-state index is 0.0120. The molecule has 3 heterocycles. The van der Waals surface area contributed by atoms with Crippen LogP contribution in [0.3, 0.4) is 0 Å². The first-order valence-corrected chi connectivity index (χ1v) is 16.0. The standard InChI is InChI=1S/C36H41FN4O6/c1-22(2)16-29-34(44)40-31(36(46)41-15-14-26(42)21-41)18-24-8-11-27(12-9-24)47-32-19-25(10-13-28(32)37)20-33(43)38-30(35(45)39-29)17-23-6-4-3-5-7-23/h3-13,19,22,26,29-31,42H,14-18,20-21H2,1-2H3,(H,38,43)(H,39,45)(H,40,44)/t26-,29+,30-,31+/m1/s1. The van der Waals surface area contributed by atoms with Crippen LogP contribution >= 0.6 is 0 Å². The second-order valence-corrected chi connectivity index (χ2v) is 12.7. The van der Waals surface area contributed by atoms with Crippen molar-refractivity contribution >= 4 is 23.6 Å². The Labute approximate surface area is 273 Å². The lowest BCUT2D eigenvalue weighted by molar-refractivity contribution is -0.137. The molecule has 4 bridgehead atoms. The smallest absolute Gasteiger partial charge is 0.245 e. The lowest BCUT2D eigenvalue weighted by Gasteiger charge is -2.28. The van der Waals surface area contributed by atoms with E-state index in [2.05, 4.69) is 16.0 Å². The summed E-state index contributed by atoms with van der Waals surface area (Å²) in [6, 6.07) is 17.1. The number of nitrogens with zero attached hydrogens (tertiary/aromatic N) is 1. The number of aliphatic hydroxyl groups is 1. The van der Waals surface area contributed by atoms with E-state index in [0.29, 0.717) is 29.8 Å². The minimum atomic E-state index is -1.02. The van der Waals surface area contributed by atoms with Crippen LogP contribution < -0.4 is 20.7 Å². The van der Waals surface area contributed by atoms with E-state index in [4.69, 9.17) is 4.74 Å². The van der Waals surface area contributed by atoms with Crippen LogP contribution in [0.15, 0.2) is 72.8 Å². The molecule has 3 aromatic carbocycles. The summed E-state index contributed by atoms with van der Waals surface area (Å²) in [5.74, 6) is -2.21. The van der Waals surface area contributed by atoms with Crippen LogP contribution in [-0.2, 0) is 38.4 Å². The van der Waals surface area contributed by atoms with Crippen LogP contribution in [0.1, 0.15) is 43.4 Å².